The maximum absolute atomic E-state index is 13.2. The molecule has 7 nitrogen and oxygen atoms in total. The molecule has 3 aromatic rings. The van der Waals surface area contributed by atoms with Gasteiger partial charge in [0.2, 0.25) is 9.04 Å². The Hall–Kier alpha value is -2.63. The molecule has 0 spiro atoms. The van der Waals surface area contributed by atoms with Crippen molar-refractivity contribution in [2.75, 3.05) is 31.2 Å². The van der Waals surface area contributed by atoms with E-state index >= 15 is 0 Å². The first-order valence-electron chi connectivity index (χ1n) is 9.98. The number of halogens is 3. The summed E-state index contributed by atoms with van der Waals surface area (Å²) in [5, 5.41) is 3.72. The van der Waals surface area contributed by atoms with Gasteiger partial charge in [-0.2, -0.15) is 13.2 Å². The number of hydrogen-bond acceptors (Lipinski definition) is 6. The number of hydrogen-bond donors (Lipinski definition) is 2. The van der Waals surface area contributed by atoms with E-state index in [-0.39, 0.29) is 17.7 Å². The standard InChI is InChI=1S/C20H21F3N5O2Si/c1-31-11-28(6-7-30-31)14-9-29-15-5-3-2-4-12(15)17(14)27-19-13-8-16(20(21,22)23)26-18(13)24-10-25-19/h2-5,8,10,14,17H,6-7,9,11H2,1H3,(H2,24,25,26,27)/t14-,17-/m1/s1. The fourth-order valence-corrected chi connectivity index (χ4v) is 5.72. The zero-order chi connectivity index (χ0) is 21.6. The Morgan fingerprint density at radius 3 is 2.90 bits per heavy atom. The summed E-state index contributed by atoms with van der Waals surface area (Å²) in [5.74, 6) is 1.13. The van der Waals surface area contributed by atoms with Crippen molar-refractivity contribution in [3.05, 3.63) is 47.9 Å². The quantitative estimate of drug-likeness (QED) is 0.599. The van der Waals surface area contributed by atoms with Crippen molar-refractivity contribution in [3.8, 4) is 5.75 Å². The van der Waals surface area contributed by atoms with Crippen LogP contribution in [0.15, 0.2) is 36.7 Å². The van der Waals surface area contributed by atoms with Crippen LogP contribution in [0.25, 0.3) is 11.0 Å². The van der Waals surface area contributed by atoms with Gasteiger partial charge in [-0.05, 0) is 18.7 Å². The van der Waals surface area contributed by atoms with Crippen molar-refractivity contribution < 1.29 is 22.3 Å². The monoisotopic (exact) mass is 448 g/mol. The number of rotatable bonds is 3. The molecule has 11 heteroatoms. The first-order chi connectivity index (χ1) is 14.9. The van der Waals surface area contributed by atoms with E-state index in [0.29, 0.717) is 24.4 Å². The van der Waals surface area contributed by atoms with Crippen molar-refractivity contribution in [1.29, 1.82) is 0 Å². The summed E-state index contributed by atoms with van der Waals surface area (Å²) in [6, 6.07) is 8.56. The first-order valence-corrected chi connectivity index (χ1v) is 12.1. The van der Waals surface area contributed by atoms with Crippen LogP contribution in [0.4, 0.5) is 19.0 Å². The number of ether oxygens (including phenoxy) is 1. The molecule has 1 saturated heterocycles. The average molecular weight is 449 g/mol. The third-order valence-electron chi connectivity index (χ3n) is 5.69. The maximum Gasteiger partial charge on any atom is 0.431 e. The molecule has 0 unspecified atom stereocenters. The van der Waals surface area contributed by atoms with Crippen LogP contribution in [-0.4, -0.2) is 60.9 Å². The number of nitrogens with one attached hydrogen (secondary N) is 2. The van der Waals surface area contributed by atoms with Gasteiger partial charge in [0, 0.05) is 24.9 Å². The van der Waals surface area contributed by atoms with Gasteiger partial charge in [0.1, 0.15) is 35.8 Å². The molecule has 2 N–H and O–H groups in total. The molecule has 1 radical (unpaired) electrons. The summed E-state index contributed by atoms with van der Waals surface area (Å²) < 4.78 is 51.5. The number of nitrogens with zero attached hydrogens (tertiary/aromatic N) is 3. The number of para-hydroxylation sites is 1. The Kier molecular flexibility index (Phi) is 5.11. The molecule has 2 atom stereocenters. The SMILES string of the molecule is C[Si]1CN([C@@H]2COc3ccccc3[C@H]2Nc2ncnc3[nH]c(C(F)(F)F)cc23)CCO1. The lowest BCUT2D eigenvalue weighted by molar-refractivity contribution is -0.140. The largest absolute Gasteiger partial charge is 0.491 e. The van der Waals surface area contributed by atoms with Crippen molar-refractivity contribution in [1.82, 2.24) is 19.9 Å². The van der Waals surface area contributed by atoms with Crippen LogP contribution < -0.4 is 10.1 Å². The van der Waals surface area contributed by atoms with Crippen LogP contribution >= 0.6 is 0 Å². The lowest BCUT2D eigenvalue weighted by atomic mass is 9.95. The smallest absolute Gasteiger partial charge is 0.431 e. The zero-order valence-corrected chi connectivity index (χ0v) is 17.7. The van der Waals surface area contributed by atoms with Crippen LogP contribution in [0.3, 0.4) is 0 Å². The number of benzene rings is 1. The highest BCUT2D eigenvalue weighted by Crippen LogP contribution is 2.38. The van der Waals surface area contributed by atoms with Crippen LogP contribution in [0.2, 0.25) is 6.55 Å². The van der Waals surface area contributed by atoms with Crippen molar-refractivity contribution in [3.63, 3.8) is 0 Å². The van der Waals surface area contributed by atoms with E-state index < -0.39 is 20.9 Å². The number of H-pyrrole nitrogens is 1. The molecule has 0 saturated carbocycles. The van der Waals surface area contributed by atoms with E-state index in [2.05, 4.69) is 31.7 Å². The summed E-state index contributed by atoms with van der Waals surface area (Å²) >= 11 is 0. The minimum Gasteiger partial charge on any atom is -0.491 e. The second-order valence-electron chi connectivity index (χ2n) is 7.72. The van der Waals surface area contributed by atoms with E-state index in [1.54, 1.807) is 0 Å². The highest BCUT2D eigenvalue weighted by molar-refractivity contribution is 6.50. The molecule has 5 rings (SSSR count). The minimum atomic E-state index is -4.49. The van der Waals surface area contributed by atoms with E-state index in [0.717, 1.165) is 30.1 Å². The Morgan fingerprint density at radius 1 is 1.26 bits per heavy atom. The molecular formula is C20H21F3N5O2Si. The predicted octanol–water partition coefficient (Wildman–Crippen LogP) is 3.38. The third kappa shape index (κ3) is 3.88. The molecule has 0 amide bonds. The molecule has 2 aromatic heterocycles. The summed E-state index contributed by atoms with van der Waals surface area (Å²) in [5.41, 5.74) is 0.252. The molecule has 1 fully saturated rings. The molecule has 0 aliphatic carbocycles. The van der Waals surface area contributed by atoms with Crippen LogP contribution in [-0.2, 0) is 10.6 Å². The number of alkyl halides is 3. The van der Waals surface area contributed by atoms with Gasteiger partial charge in [-0.15, -0.1) is 0 Å². The highest BCUT2D eigenvalue weighted by Gasteiger charge is 2.38. The van der Waals surface area contributed by atoms with E-state index in [1.165, 1.54) is 6.33 Å². The summed E-state index contributed by atoms with van der Waals surface area (Å²) in [6.07, 6.45) is -2.37. The average Bonchev–Trinajstić information content (AvgIpc) is 3.20. The van der Waals surface area contributed by atoms with Crippen molar-refractivity contribution >= 4 is 25.9 Å². The van der Waals surface area contributed by atoms with Gasteiger partial charge in [0.15, 0.2) is 0 Å². The van der Waals surface area contributed by atoms with Gasteiger partial charge in [0.05, 0.1) is 17.5 Å². The number of aromatic amines is 1. The number of fused-ring (bicyclic) bond motifs is 2. The van der Waals surface area contributed by atoms with E-state index in [9.17, 15) is 13.2 Å². The van der Waals surface area contributed by atoms with Crippen LogP contribution in [0.1, 0.15) is 17.3 Å². The zero-order valence-electron chi connectivity index (χ0n) is 16.7. The number of anilines is 1. The molecule has 2 aliphatic rings. The van der Waals surface area contributed by atoms with Gasteiger partial charge in [0.25, 0.3) is 0 Å². The van der Waals surface area contributed by atoms with E-state index in [4.69, 9.17) is 9.16 Å². The molecule has 1 aromatic carbocycles. The summed E-state index contributed by atoms with van der Waals surface area (Å²) in [6.45, 7) is 4.04. The van der Waals surface area contributed by atoms with Gasteiger partial charge in [-0.25, -0.2) is 9.97 Å². The molecule has 2 aliphatic heterocycles. The third-order valence-corrected chi connectivity index (χ3v) is 7.24. The van der Waals surface area contributed by atoms with Crippen LogP contribution in [0, 0.1) is 0 Å². The van der Waals surface area contributed by atoms with E-state index in [1.807, 2.05) is 24.3 Å². The summed E-state index contributed by atoms with van der Waals surface area (Å²) in [7, 11) is -0.922. The minimum absolute atomic E-state index is 0.00945. The lowest BCUT2D eigenvalue weighted by Gasteiger charge is -2.43. The van der Waals surface area contributed by atoms with Gasteiger partial charge in [-0.1, -0.05) is 18.2 Å². The fourth-order valence-electron chi connectivity index (χ4n) is 4.22. The molecule has 31 heavy (non-hydrogen) atoms. The fraction of sp³-hybridized carbons (Fsp3) is 0.400. The molecule has 4 heterocycles. The molecule has 163 valence electrons. The van der Waals surface area contributed by atoms with Gasteiger partial charge in [-0.3, -0.25) is 4.90 Å². The van der Waals surface area contributed by atoms with Gasteiger partial charge >= 0.3 is 6.18 Å². The Bertz CT molecular complexity index is 1090. The second-order valence-corrected chi connectivity index (χ2v) is 9.73. The van der Waals surface area contributed by atoms with Crippen molar-refractivity contribution in [2.45, 2.75) is 24.8 Å². The lowest BCUT2D eigenvalue weighted by Crippen LogP contribution is -2.55. The Balaban J connectivity index is 1.54. The maximum atomic E-state index is 13.2. The predicted molar refractivity (Wildman–Crippen MR) is 110 cm³/mol. The van der Waals surface area contributed by atoms with Crippen molar-refractivity contribution in [2.24, 2.45) is 0 Å². The molecular weight excluding hydrogens is 427 g/mol. The Labute approximate surface area is 178 Å². The Morgan fingerprint density at radius 2 is 2.10 bits per heavy atom. The topological polar surface area (TPSA) is 75.3 Å². The normalized spacial score (nSPS) is 22.8. The number of aromatic nitrogens is 3. The first kappa shape index (κ1) is 20.3. The second kappa shape index (κ2) is 7.81. The molecule has 0 bridgehead atoms. The highest BCUT2D eigenvalue weighted by atomic mass is 28.3. The van der Waals surface area contributed by atoms with Gasteiger partial charge < -0.3 is 19.5 Å². The van der Waals surface area contributed by atoms with Crippen LogP contribution in [0.5, 0.6) is 5.75 Å². The summed E-state index contributed by atoms with van der Waals surface area (Å²) in [4.78, 5) is 13.0.